The third kappa shape index (κ3) is 1.79. The van der Waals surface area contributed by atoms with Gasteiger partial charge in [0.1, 0.15) is 0 Å². The fraction of sp³-hybridized carbons (Fsp3) is 0.182. The van der Waals surface area contributed by atoms with E-state index in [0.29, 0.717) is 0 Å². The summed E-state index contributed by atoms with van der Waals surface area (Å²) in [6.07, 6.45) is 1.69. The first-order valence-corrected chi connectivity index (χ1v) is 6.03. The summed E-state index contributed by atoms with van der Waals surface area (Å²) in [4.78, 5) is 12.5. The molecule has 0 spiro atoms. The van der Waals surface area contributed by atoms with Gasteiger partial charge in [0.05, 0.1) is 4.88 Å². The van der Waals surface area contributed by atoms with Crippen LogP contribution in [0, 0.1) is 0 Å². The van der Waals surface area contributed by atoms with Gasteiger partial charge in [-0.05, 0) is 37.4 Å². The molecule has 0 bridgehead atoms. The third-order valence-corrected chi connectivity index (χ3v) is 3.91. The summed E-state index contributed by atoms with van der Waals surface area (Å²) in [6.45, 7) is 3.88. The molecule has 0 aliphatic carbocycles. The molecule has 0 aliphatic heterocycles. The monoisotopic (exact) mass is 222 g/mol. The first kappa shape index (κ1) is 9.62. The van der Waals surface area contributed by atoms with Crippen LogP contribution in [0.2, 0.25) is 0 Å². The molecule has 0 N–H and O–H groups in total. The Balaban J connectivity index is 2.40. The lowest BCUT2D eigenvalue weighted by molar-refractivity contribution is 0.105. The van der Waals surface area contributed by atoms with Crippen molar-refractivity contribution in [3.05, 3.63) is 34.0 Å². The van der Waals surface area contributed by atoms with E-state index in [1.165, 1.54) is 9.40 Å². The first-order chi connectivity index (χ1) is 6.66. The van der Waals surface area contributed by atoms with E-state index >= 15 is 0 Å². The van der Waals surface area contributed by atoms with Crippen molar-refractivity contribution in [2.75, 3.05) is 0 Å². The van der Waals surface area contributed by atoms with E-state index in [9.17, 15) is 4.79 Å². The summed E-state index contributed by atoms with van der Waals surface area (Å²) in [6, 6.07) is 4.04. The Morgan fingerprint density at radius 1 is 1.36 bits per heavy atom. The van der Waals surface area contributed by atoms with Gasteiger partial charge in [-0.3, -0.25) is 4.79 Å². The first-order valence-electron chi connectivity index (χ1n) is 4.33. The molecular formula is C11H10OS2. The molecule has 0 fully saturated rings. The van der Waals surface area contributed by atoms with E-state index in [2.05, 4.69) is 11.4 Å². The number of carbonyl (C=O) groups is 1. The number of carbonyl (C=O) groups excluding carboxylic acids is 1. The van der Waals surface area contributed by atoms with Gasteiger partial charge in [-0.2, -0.15) is 0 Å². The van der Waals surface area contributed by atoms with Crippen LogP contribution in [-0.4, -0.2) is 5.78 Å². The van der Waals surface area contributed by atoms with Gasteiger partial charge in [0.15, 0.2) is 5.78 Å². The average molecular weight is 222 g/mol. The van der Waals surface area contributed by atoms with E-state index in [0.717, 1.165) is 10.5 Å². The van der Waals surface area contributed by atoms with Crippen molar-refractivity contribution in [3.8, 4) is 0 Å². The minimum atomic E-state index is 0.124. The molecule has 0 aliphatic rings. The van der Waals surface area contributed by atoms with Crippen LogP contribution in [-0.2, 0) is 0 Å². The zero-order chi connectivity index (χ0) is 10.1. The maximum atomic E-state index is 11.7. The van der Waals surface area contributed by atoms with Gasteiger partial charge in [0.25, 0.3) is 0 Å². The maximum Gasteiger partial charge on any atom is 0.195 e. The molecule has 2 rings (SSSR count). The Bertz CT molecular complexity index is 470. The predicted molar refractivity (Wildman–Crippen MR) is 63.5 cm³/mol. The normalized spacial score (nSPS) is 10.4. The second kappa shape index (κ2) is 3.67. The number of fused-ring (bicyclic) bond motifs is 1. The van der Waals surface area contributed by atoms with Gasteiger partial charge in [-0.25, -0.2) is 0 Å². The Morgan fingerprint density at radius 3 is 2.79 bits per heavy atom. The highest BCUT2D eigenvalue weighted by Crippen LogP contribution is 2.30. The summed E-state index contributed by atoms with van der Waals surface area (Å²) in [5.41, 5.74) is 1.05. The van der Waals surface area contributed by atoms with Crippen molar-refractivity contribution >= 4 is 37.9 Å². The molecular weight excluding hydrogens is 212 g/mol. The second-order valence-electron chi connectivity index (χ2n) is 3.35. The number of thiophene rings is 2. The van der Waals surface area contributed by atoms with E-state index in [1.54, 1.807) is 28.7 Å². The van der Waals surface area contributed by atoms with Crippen molar-refractivity contribution in [2.45, 2.75) is 13.8 Å². The van der Waals surface area contributed by atoms with Crippen LogP contribution in [0.1, 0.15) is 23.5 Å². The molecule has 2 aromatic rings. The molecule has 1 nitrogen and oxygen atoms in total. The minimum Gasteiger partial charge on any atom is -0.288 e. The molecule has 0 aromatic carbocycles. The number of rotatable bonds is 2. The Morgan fingerprint density at radius 2 is 2.14 bits per heavy atom. The number of hydrogen-bond donors (Lipinski definition) is 0. The van der Waals surface area contributed by atoms with Crippen LogP contribution < -0.4 is 0 Å². The summed E-state index contributed by atoms with van der Waals surface area (Å²) < 4.78 is 2.42. The molecule has 0 unspecified atom stereocenters. The highest BCUT2D eigenvalue weighted by molar-refractivity contribution is 7.27. The van der Waals surface area contributed by atoms with E-state index in [4.69, 9.17) is 0 Å². The number of hydrogen-bond acceptors (Lipinski definition) is 3. The summed E-state index contributed by atoms with van der Waals surface area (Å²) in [5, 5.41) is 2.05. The molecule has 14 heavy (non-hydrogen) atoms. The highest BCUT2D eigenvalue weighted by atomic mass is 32.1. The quantitative estimate of drug-likeness (QED) is 0.552. The van der Waals surface area contributed by atoms with Crippen LogP contribution in [0.25, 0.3) is 9.40 Å². The fourth-order valence-corrected chi connectivity index (χ4v) is 3.24. The summed E-state index contributed by atoms with van der Waals surface area (Å²) in [5.74, 6) is 0.124. The smallest absolute Gasteiger partial charge is 0.195 e. The van der Waals surface area contributed by atoms with Gasteiger partial charge < -0.3 is 0 Å². The van der Waals surface area contributed by atoms with Crippen LogP contribution >= 0.6 is 22.7 Å². The molecule has 0 amide bonds. The van der Waals surface area contributed by atoms with Crippen molar-refractivity contribution < 1.29 is 4.79 Å². The minimum absolute atomic E-state index is 0.124. The van der Waals surface area contributed by atoms with Crippen LogP contribution in [0.4, 0.5) is 0 Å². The fourth-order valence-electron chi connectivity index (χ4n) is 1.22. The van der Waals surface area contributed by atoms with Gasteiger partial charge >= 0.3 is 0 Å². The van der Waals surface area contributed by atoms with Crippen LogP contribution in [0.5, 0.6) is 0 Å². The summed E-state index contributed by atoms with van der Waals surface area (Å²) >= 11 is 3.25. The van der Waals surface area contributed by atoms with E-state index in [-0.39, 0.29) is 5.78 Å². The van der Waals surface area contributed by atoms with Gasteiger partial charge in [-0.15, -0.1) is 22.7 Å². The van der Waals surface area contributed by atoms with Crippen LogP contribution in [0.15, 0.2) is 29.2 Å². The lowest BCUT2D eigenvalue weighted by Crippen LogP contribution is -1.89. The maximum absolute atomic E-state index is 11.7. The molecule has 2 heterocycles. The van der Waals surface area contributed by atoms with Gasteiger partial charge in [0.2, 0.25) is 0 Å². The molecule has 2 aromatic heterocycles. The van der Waals surface area contributed by atoms with Crippen LogP contribution in [0.3, 0.4) is 0 Å². The standard InChI is InChI=1S/C11H10OS2/c1-7(2)5-8(12)10-6-11-9(14-10)3-4-13-11/h3-6H,1-2H3. The highest BCUT2D eigenvalue weighted by Gasteiger charge is 2.08. The SMILES string of the molecule is CC(C)=CC(=O)c1cc2sccc2s1. The molecule has 72 valence electrons. The average Bonchev–Trinajstić information content (AvgIpc) is 2.58. The van der Waals surface area contributed by atoms with E-state index < -0.39 is 0 Å². The molecule has 0 saturated carbocycles. The molecule has 0 atom stereocenters. The zero-order valence-electron chi connectivity index (χ0n) is 8.03. The molecule has 3 heteroatoms. The lowest BCUT2D eigenvalue weighted by Gasteiger charge is -1.89. The molecule has 0 radical (unpaired) electrons. The second-order valence-corrected chi connectivity index (χ2v) is 5.38. The Hall–Kier alpha value is -0.930. The van der Waals surface area contributed by atoms with Gasteiger partial charge in [0, 0.05) is 9.40 Å². The summed E-state index contributed by atoms with van der Waals surface area (Å²) in [7, 11) is 0. The van der Waals surface area contributed by atoms with Gasteiger partial charge in [-0.1, -0.05) is 5.57 Å². The van der Waals surface area contributed by atoms with Crippen molar-refractivity contribution in [3.63, 3.8) is 0 Å². The largest absolute Gasteiger partial charge is 0.288 e. The topological polar surface area (TPSA) is 17.1 Å². The van der Waals surface area contributed by atoms with Crippen molar-refractivity contribution in [2.24, 2.45) is 0 Å². The lowest BCUT2D eigenvalue weighted by atomic mass is 10.2. The predicted octanol–water partition coefficient (Wildman–Crippen LogP) is 4.11. The number of ketones is 1. The van der Waals surface area contributed by atoms with Crippen molar-refractivity contribution in [1.29, 1.82) is 0 Å². The zero-order valence-corrected chi connectivity index (χ0v) is 9.67. The third-order valence-electron chi connectivity index (χ3n) is 1.80. The Labute approximate surface area is 90.7 Å². The van der Waals surface area contributed by atoms with Crippen molar-refractivity contribution in [1.82, 2.24) is 0 Å². The number of allylic oxidation sites excluding steroid dienone is 2. The molecule has 0 saturated heterocycles. The Kier molecular flexibility index (Phi) is 2.52. The van der Waals surface area contributed by atoms with E-state index in [1.807, 2.05) is 19.9 Å².